The Morgan fingerprint density at radius 3 is 2.34 bits per heavy atom. The molecule has 0 aliphatic carbocycles. The third-order valence-electron chi connectivity index (χ3n) is 4.93. The second kappa shape index (κ2) is 10.6. The molecule has 1 saturated heterocycles. The van der Waals surface area contributed by atoms with Crippen LogP contribution in [0.2, 0.25) is 0 Å². The molecule has 29 heavy (non-hydrogen) atoms. The van der Waals surface area contributed by atoms with Gasteiger partial charge in [-0.15, -0.1) is 0 Å². The Hall–Kier alpha value is -2.13. The lowest BCUT2D eigenvalue weighted by molar-refractivity contribution is -0.151. The Kier molecular flexibility index (Phi) is 8.45. The van der Waals surface area contributed by atoms with Crippen molar-refractivity contribution in [1.82, 2.24) is 9.62 Å². The summed E-state index contributed by atoms with van der Waals surface area (Å²) in [5.74, 6) is -0.100. The standard InChI is InChI=1S/C20H30N2O6S/c1-4-15(3)21-29(25,26)18-8-6-17(7-9-18)28-14-19(23)22-12-10-16(11-13-22)20(24)27-5-2/h6-9,15-16,21H,4-5,10-14H2,1-3H3/t15-/m1/s1. The minimum absolute atomic E-state index is 0.138. The molecule has 1 aromatic carbocycles. The molecule has 0 radical (unpaired) electrons. The number of rotatable bonds is 9. The summed E-state index contributed by atoms with van der Waals surface area (Å²) in [6.07, 6.45) is 1.86. The lowest BCUT2D eigenvalue weighted by Gasteiger charge is -2.30. The lowest BCUT2D eigenvalue weighted by Crippen LogP contribution is -2.42. The zero-order valence-electron chi connectivity index (χ0n) is 17.2. The van der Waals surface area contributed by atoms with Crippen LogP contribution < -0.4 is 9.46 Å². The third-order valence-corrected chi connectivity index (χ3v) is 6.54. The first-order valence-electron chi connectivity index (χ1n) is 9.96. The molecule has 1 heterocycles. The molecule has 0 bridgehead atoms. The topological polar surface area (TPSA) is 102 Å². The molecule has 8 nitrogen and oxygen atoms in total. The van der Waals surface area contributed by atoms with Crippen LogP contribution in [-0.4, -0.2) is 57.5 Å². The van der Waals surface area contributed by atoms with Crippen LogP contribution in [0.15, 0.2) is 29.2 Å². The van der Waals surface area contributed by atoms with E-state index in [1.54, 1.807) is 18.7 Å². The van der Waals surface area contributed by atoms with E-state index in [9.17, 15) is 18.0 Å². The molecule has 2 rings (SSSR count). The fraction of sp³-hybridized carbons (Fsp3) is 0.600. The van der Waals surface area contributed by atoms with Crippen LogP contribution in [0.3, 0.4) is 0 Å². The van der Waals surface area contributed by atoms with Crippen LogP contribution in [0.5, 0.6) is 5.75 Å². The number of piperidine rings is 1. The molecule has 0 unspecified atom stereocenters. The van der Waals surface area contributed by atoms with Crippen molar-refractivity contribution in [3.63, 3.8) is 0 Å². The van der Waals surface area contributed by atoms with Crippen molar-refractivity contribution in [2.75, 3.05) is 26.3 Å². The van der Waals surface area contributed by atoms with E-state index in [4.69, 9.17) is 9.47 Å². The van der Waals surface area contributed by atoms with Gasteiger partial charge in [0.1, 0.15) is 5.75 Å². The summed E-state index contributed by atoms with van der Waals surface area (Å²) in [7, 11) is -3.57. The van der Waals surface area contributed by atoms with Crippen molar-refractivity contribution in [1.29, 1.82) is 0 Å². The third kappa shape index (κ3) is 6.71. The molecule has 1 aromatic rings. The van der Waals surface area contributed by atoms with E-state index in [-0.39, 0.29) is 35.3 Å². The molecule has 0 aromatic heterocycles. The SMILES string of the molecule is CCOC(=O)C1CCN(C(=O)COc2ccc(S(=O)(=O)N[C@H](C)CC)cc2)CC1. The zero-order chi connectivity index (χ0) is 21.4. The van der Waals surface area contributed by atoms with E-state index in [1.807, 2.05) is 6.92 Å². The average Bonchev–Trinajstić information content (AvgIpc) is 2.72. The number of nitrogens with zero attached hydrogens (tertiary/aromatic N) is 1. The van der Waals surface area contributed by atoms with Gasteiger partial charge in [-0.1, -0.05) is 6.92 Å². The Labute approximate surface area is 172 Å². The number of nitrogens with one attached hydrogen (secondary N) is 1. The van der Waals surface area contributed by atoms with Gasteiger partial charge in [-0.3, -0.25) is 9.59 Å². The van der Waals surface area contributed by atoms with Crippen molar-refractivity contribution in [3.8, 4) is 5.75 Å². The van der Waals surface area contributed by atoms with Crippen LogP contribution in [0, 0.1) is 5.92 Å². The second-order valence-electron chi connectivity index (χ2n) is 7.10. The number of likely N-dealkylation sites (tertiary alicyclic amines) is 1. The van der Waals surface area contributed by atoms with Crippen molar-refractivity contribution in [2.24, 2.45) is 5.92 Å². The first-order valence-corrected chi connectivity index (χ1v) is 11.4. The predicted molar refractivity (Wildman–Crippen MR) is 108 cm³/mol. The molecule has 0 saturated carbocycles. The first kappa shape index (κ1) is 23.2. The largest absolute Gasteiger partial charge is 0.484 e. The maximum absolute atomic E-state index is 12.3. The number of sulfonamides is 1. The van der Waals surface area contributed by atoms with E-state index in [0.717, 1.165) is 0 Å². The lowest BCUT2D eigenvalue weighted by atomic mass is 9.97. The average molecular weight is 427 g/mol. The van der Waals surface area contributed by atoms with E-state index >= 15 is 0 Å². The maximum atomic E-state index is 12.3. The molecule has 0 spiro atoms. The molecule has 9 heteroatoms. The van der Waals surface area contributed by atoms with Gasteiger partial charge in [0.25, 0.3) is 5.91 Å². The predicted octanol–water partition coefficient (Wildman–Crippen LogP) is 1.94. The molecule has 1 N–H and O–H groups in total. The highest BCUT2D eigenvalue weighted by Gasteiger charge is 2.28. The molecule has 1 amide bonds. The fourth-order valence-corrected chi connectivity index (χ4v) is 4.32. The Morgan fingerprint density at radius 2 is 1.79 bits per heavy atom. The van der Waals surface area contributed by atoms with Crippen molar-refractivity contribution < 1.29 is 27.5 Å². The van der Waals surface area contributed by atoms with Crippen LogP contribution in [-0.2, 0) is 24.3 Å². The Morgan fingerprint density at radius 1 is 1.17 bits per heavy atom. The molecule has 1 aliphatic rings. The summed E-state index contributed by atoms with van der Waals surface area (Å²) < 4.78 is 37.6. The van der Waals surface area contributed by atoms with Gasteiger partial charge in [0.2, 0.25) is 10.0 Å². The van der Waals surface area contributed by atoms with E-state index < -0.39 is 10.0 Å². The summed E-state index contributed by atoms with van der Waals surface area (Å²) in [6, 6.07) is 5.82. The highest BCUT2D eigenvalue weighted by Crippen LogP contribution is 2.20. The number of carbonyl (C=O) groups excluding carboxylic acids is 2. The van der Waals surface area contributed by atoms with Gasteiger partial charge in [-0.2, -0.15) is 0 Å². The van der Waals surface area contributed by atoms with Crippen molar-refractivity contribution >= 4 is 21.9 Å². The van der Waals surface area contributed by atoms with Gasteiger partial charge in [0.05, 0.1) is 17.4 Å². The number of amides is 1. The normalized spacial score (nSPS) is 16.3. The number of benzene rings is 1. The smallest absolute Gasteiger partial charge is 0.309 e. The van der Waals surface area contributed by atoms with E-state index in [2.05, 4.69) is 4.72 Å². The zero-order valence-corrected chi connectivity index (χ0v) is 18.0. The molecular weight excluding hydrogens is 396 g/mol. The monoisotopic (exact) mass is 426 g/mol. The van der Waals surface area contributed by atoms with E-state index in [0.29, 0.717) is 44.7 Å². The Balaban J connectivity index is 1.83. The summed E-state index contributed by atoms with van der Waals surface area (Å²) in [5.41, 5.74) is 0. The van der Waals surface area contributed by atoms with Gasteiger partial charge >= 0.3 is 5.97 Å². The second-order valence-corrected chi connectivity index (χ2v) is 8.81. The minimum Gasteiger partial charge on any atom is -0.484 e. The molecule has 162 valence electrons. The highest BCUT2D eigenvalue weighted by molar-refractivity contribution is 7.89. The van der Waals surface area contributed by atoms with Crippen LogP contribution in [0.4, 0.5) is 0 Å². The van der Waals surface area contributed by atoms with Gasteiger partial charge in [0, 0.05) is 19.1 Å². The van der Waals surface area contributed by atoms with Gasteiger partial charge in [0.15, 0.2) is 6.61 Å². The summed E-state index contributed by atoms with van der Waals surface area (Å²) >= 11 is 0. The summed E-state index contributed by atoms with van der Waals surface area (Å²) in [5, 5.41) is 0. The number of hydrogen-bond donors (Lipinski definition) is 1. The number of carbonyl (C=O) groups is 2. The first-order chi connectivity index (χ1) is 13.8. The van der Waals surface area contributed by atoms with E-state index in [1.165, 1.54) is 24.3 Å². The van der Waals surface area contributed by atoms with Gasteiger partial charge < -0.3 is 14.4 Å². The summed E-state index contributed by atoms with van der Waals surface area (Å²) in [4.78, 5) is 25.9. The van der Waals surface area contributed by atoms with Crippen LogP contribution >= 0.6 is 0 Å². The number of esters is 1. The van der Waals surface area contributed by atoms with Gasteiger partial charge in [-0.05, 0) is 57.4 Å². The molecule has 1 aliphatic heterocycles. The minimum atomic E-state index is -3.57. The quantitative estimate of drug-likeness (QED) is 0.606. The van der Waals surface area contributed by atoms with Gasteiger partial charge in [-0.25, -0.2) is 13.1 Å². The van der Waals surface area contributed by atoms with Crippen LogP contribution in [0.1, 0.15) is 40.0 Å². The number of ether oxygens (including phenoxy) is 2. The molecule has 1 atom stereocenters. The number of hydrogen-bond acceptors (Lipinski definition) is 6. The molecule has 1 fully saturated rings. The summed E-state index contributed by atoms with van der Waals surface area (Å²) in [6.45, 7) is 6.68. The maximum Gasteiger partial charge on any atom is 0.309 e. The fourth-order valence-electron chi connectivity index (χ4n) is 2.99. The highest BCUT2D eigenvalue weighted by atomic mass is 32.2. The van der Waals surface area contributed by atoms with Crippen molar-refractivity contribution in [2.45, 2.75) is 51.0 Å². The van der Waals surface area contributed by atoms with Crippen LogP contribution in [0.25, 0.3) is 0 Å². The Bertz CT molecular complexity index is 786. The molecular formula is C20H30N2O6S. The van der Waals surface area contributed by atoms with Crippen molar-refractivity contribution in [3.05, 3.63) is 24.3 Å².